The van der Waals surface area contributed by atoms with E-state index in [1.807, 2.05) is 18.2 Å². The summed E-state index contributed by atoms with van der Waals surface area (Å²) in [5.41, 5.74) is 1.18. The second-order valence-electron chi connectivity index (χ2n) is 4.02. The van der Waals surface area contributed by atoms with Crippen LogP contribution in [0.2, 0.25) is 5.02 Å². The minimum absolute atomic E-state index is 0.0185. The molecule has 2 aromatic carbocycles. The van der Waals surface area contributed by atoms with Crippen LogP contribution in [0, 0.1) is 5.82 Å². The van der Waals surface area contributed by atoms with Crippen molar-refractivity contribution >= 4 is 17.4 Å². The number of Topliss-reactive ketones (excluding diaryl/α,β-unsaturated/α-hetero) is 1. The molecule has 0 aliphatic rings. The molecule has 0 aliphatic heterocycles. The van der Waals surface area contributed by atoms with Crippen molar-refractivity contribution < 1.29 is 9.18 Å². The molecule has 0 heterocycles. The van der Waals surface area contributed by atoms with Crippen molar-refractivity contribution in [2.45, 2.75) is 12.8 Å². The van der Waals surface area contributed by atoms with Gasteiger partial charge in [0.2, 0.25) is 0 Å². The first-order valence-corrected chi connectivity index (χ1v) is 6.07. The summed E-state index contributed by atoms with van der Waals surface area (Å²) in [6, 6.07) is 13.5. The minimum atomic E-state index is -0.358. The van der Waals surface area contributed by atoms with Gasteiger partial charge < -0.3 is 0 Å². The first-order chi connectivity index (χ1) is 8.66. The molecule has 18 heavy (non-hydrogen) atoms. The maximum atomic E-state index is 13.5. The number of ketones is 1. The van der Waals surface area contributed by atoms with E-state index in [0.29, 0.717) is 29.0 Å². The summed E-state index contributed by atoms with van der Waals surface area (Å²) in [5, 5.41) is 0.366. The molecule has 0 saturated heterocycles. The summed E-state index contributed by atoms with van der Waals surface area (Å²) >= 11 is 5.67. The van der Waals surface area contributed by atoms with Crippen LogP contribution in [0.3, 0.4) is 0 Å². The zero-order chi connectivity index (χ0) is 13.0. The highest BCUT2D eigenvalue weighted by atomic mass is 35.5. The molecule has 0 unspecified atom stereocenters. The fourth-order valence-corrected chi connectivity index (χ4v) is 1.90. The Balaban J connectivity index is 2.02. The molecule has 0 bridgehead atoms. The Morgan fingerprint density at radius 2 is 1.83 bits per heavy atom. The number of carbonyl (C=O) groups is 1. The summed E-state index contributed by atoms with van der Waals surface area (Å²) in [4.78, 5) is 11.8. The van der Waals surface area contributed by atoms with Gasteiger partial charge in [0.05, 0.1) is 0 Å². The van der Waals surface area contributed by atoms with Crippen LogP contribution in [0.15, 0.2) is 48.5 Å². The van der Waals surface area contributed by atoms with Gasteiger partial charge in [-0.15, -0.1) is 0 Å². The van der Waals surface area contributed by atoms with Crippen LogP contribution in [-0.4, -0.2) is 5.78 Å². The van der Waals surface area contributed by atoms with Gasteiger partial charge in [-0.2, -0.15) is 0 Å². The highest BCUT2D eigenvalue weighted by Gasteiger charge is 2.08. The number of halogens is 2. The summed E-state index contributed by atoms with van der Waals surface area (Å²) in [5.74, 6) is -0.340. The second-order valence-corrected chi connectivity index (χ2v) is 4.46. The fourth-order valence-electron chi connectivity index (χ4n) is 1.74. The van der Waals surface area contributed by atoms with Gasteiger partial charge in [-0.25, -0.2) is 4.39 Å². The zero-order valence-corrected chi connectivity index (χ0v) is 10.5. The van der Waals surface area contributed by atoms with Crippen LogP contribution in [0.4, 0.5) is 4.39 Å². The first kappa shape index (κ1) is 12.8. The molecule has 0 radical (unpaired) electrons. The molecule has 92 valence electrons. The Hall–Kier alpha value is -1.67. The van der Waals surface area contributed by atoms with Crippen molar-refractivity contribution in [2.24, 2.45) is 0 Å². The van der Waals surface area contributed by atoms with Crippen molar-refractivity contribution in [1.29, 1.82) is 0 Å². The smallest absolute Gasteiger partial charge is 0.163 e. The Bertz CT molecular complexity index is 552. The van der Waals surface area contributed by atoms with Crippen LogP contribution in [0.25, 0.3) is 0 Å². The van der Waals surface area contributed by atoms with Gasteiger partial charge in [0.1, 0.15) is 5.82 Å². The zero-order valence-electron chi connectivity index (χ0n) is 9.70. The van der Waals surface area contributed by atoms with Gasteiger partial charge in [0.25, 0.3) is 0 Å². The number of hydrogen-bond donors (Lipinski definition) is 0. The quantitative estimate of drug-likeness (QED) is 0.751. The van der Waals surface area contributed by atoms with Gasteiger partial charge >= 0.3 is 0 Å². The van der Waals surface area contributed by atoms with E-state index in [0.717, 1.165) is 0 Å². The highest BCUT2D eigenvalue weighted by molar-refractivity contribution is 6.30. The van der Waals surface area contributed by atoms with Crippen molar-refractivity contribution in [1.82, 2.24) is 0 Å². The lowest BCUT2D eigenvalue weighted by atomic mass is 10.0. The van der Waals surface area contributed by atoms with E-state index in [-0.39, 0.29) is 11.6 Å². The molecular weight excluding hydrogens is 251 g/mol. The Morgan fingerprint density at radius 1 is 1.11 bits per heavy atom. The minimum Gasteiger partial charge on any atom is -0.294 e. The number of hydrogen-bond acceptors (Lipinski definition) is 1. The van der Waals surface area contributed by atoms with E-state index in [9.17, 15) is 9.18 Å². The first-order valence-electron chi connectivity index (χ1n) is 5.69. The molecule has 0 N–H and O–H groups in total. The molecular formula is C15H12ClFO. The normalized spacial score (nSPS) is 10.3. The average Bonchev–Trinajstić information content (AvgIpc) is 2.38. The molecule has 0 aliphatic carbocycles. The van der Waals surface area contributed by atoms with Crippen LogP contribution >= 0.6 is 11.6 Å². The number of carbonyl (C=O) groups excluding carboxylic acids is 1. The summed E-state index contributed by atoms with van der Waals surface area (Å²) in [6.45, 7) is 0. The lowest BCUT2D eigenvalue weighted by Crippen LogP contribution is -2.02. The molecule has 2 aromatic rings. The third-order valence-corrected chi connectivity index (χ3v) is 2.97. The number of rotatable bonds is 4. The Labute approximate surface area is 110 Å². The molecule has 3 heteroatoms. The third kappa shape index (κ3) is 3.17. The average molecular weight is 263 g/mol. The number of aryl methyl sites for hydroxylation is 1. The highest BCUT2D eigenvalue weighted by Crippen LogP contribution is 2.16. The molecule has 2 rings (SSSR count). The molecule has 1 nitrogen and oxygen atoms in total. The second kappa shape index (κ2) is 5.78. The van der Waals surface area contributed by atoms with E-state index in [1.54, 1.807) is 24.3 Å². The predicted molar refractivity (Wildman–Crippen MR) is 70.5 cm³/mol. The van der Waals surface area contributed by atoms with E-state index in [1.165, 1.54) is 6.07 Å². The van der Waals surface area contributed by atoms with E-state index in [4.69, 9.17) is 11.6 Å². The lowest BCUT2D eigenvalue weighted by Gasteiger charge is -2.03. The van der Waals surface area contributed by atoms with E-state index >= 15 is 0 Å². The van der Waals surface area contributed by atoms with Crippen LogP contribution in [-0.2, 0) is 6.42 Å². The van der Waals surface area contributed by atoms with Gasteiger partial charge in [-0.1, -0.05) is 48.0 Å². The largest absolute Gasteiger partial charge is 0.294 e. The van der Waals surface area contributed by atoms with Gasteiger partial charge in [-0.3, -0.25) is 4.79 Å². The Kier molecular flexibility index (Phi) is 4.11. The fraction of sp³-hybridized carbons (Fsp3) is 0.133. The summed E-state index contributed by atoms with van der Waals surface area (Å²) < 4.78 is 13.5. The van der Waals surface area contributed by atoms with E-state index in [2.05, 4.69) is 0 Å². The maximum Gasteiger partial charge on any atom is 0.163 e. The topological polar surface area (TPSA) is 17.1 Å². The van der Waals surface area contributed by atoms with Crippen LogP contribution in [0.5, 0.6) is 0 Å². The van der Waals surface area contributed by atoms with Gasteiger partial charge in [0.15, 0.2) is 5.78 Å². The van der Waals surface area contributed by atoms with Gasteiger partial charge in [-0.05, 0) is 24.1 Å². The standard InChI is InChI=1S/C15H12ClFO/c16-13-8-6-11(14(17)10-13)7-9-15(18)12-4-2-1-3-5-12/h1-6,8,10H,7,9H2. The van der Waals surface area contributed by atoms with E-state index < -0.39 is 0 Å². The molecule has 0 atom stereocenters. The maximum absolute atomic E-state index is 13.5. The van der Waals surface area contributed by atoms with Crippen molar-refractivity contribution in [3.63, 3.8) is 0 Å². The summed E-state index contributed by atoms with van der Waals surface area (Å²) in [7, 11) is 0. The molecule has 0 fully saturated rings. The van der Waals surface area contributed by atoms with Crippen LogP contribution in [0.1, 0.15) is 22.3 Å². The molecule has 0 saturated carbocycles. The monoisotopic (exact) mass is 262 g/mol. The van der Waals surface area contributed by atoms with Crippen molar-refractivity contribution in [2.75, 3.05) is 0 Å². The molecule has 0 spiro atoms. The molecule has 0 amide bonds. The van der Waals surface area contributed by atoms with Crippen molar-refractivity contribution in [3.05, 3.63) is 70.5 Å². The molecule has 0 aromatic heterocycles. The third-order valence-electron chi connectivity index (χ3n) is 2.73. The van der Waals surface area contributed by atoms with Crippen LogP contribution < -0.4 is 0 Å². The van der Waals surface area contributed by atoms with Gasteiger partial charge in [0, 0.05) is 17.0 Å². The van der Waals surface area contributed by atoms with Crippen molar-refractivity contribution in [3.8, 4) is 0 Å². The SMILES string of the molecule is O=C(CCc1ccc(Cl)cc1F)c1ccccc1. The summed E-state index contributed by atoms with van der Waals surface area (Å²) in [6.07, 6.45) is 0.680. The predicted octanol–water partition coefficient (Wildman–Crippen LogP) is 4.29. The lowest BCUT2D eigenvalue weighted by molar-refractivity contribution is 0.0982. The Morgan fingerprint density at radius 3 is 2.50 bits per heavy atom. The number of benzene rings is 2.